The highest BCUT2D eigenvalue weighted by Gasteiger charge is 2.60. The fourth-order valence-electron chi connectivity index (χ4n) is 4.60. The second-order valence-electron chi connectivity index (χ2n) is 8.44. The van der Waals surface area contributed by atoms with Crippen molar-refractivity contribution in [3.8, 4) is 17.2 Å². The molecule has 0 unspecified atom stereocenters. The number of ether oxygens (including phenoxy) is 2. The Morgan fingerprint density at radius 1 is 0.943 bits per heavy atom. The van der Waals surface area contributed by atoms with Gasteiger partial charge in [0.25, 0.3) is 5.91 Å². The molecule has 5 rings (SSSR count). The number of imide groups is 1. The molecule has 0 saturated carbocycles. The van der Waals surface area contributed by atoms with Crippen molar-refractivity contribution < 1.29 is 29.0 Å². The zero-order chi connectivity index (χ0) is 24.5. The third-order valence-electron chi connectivity index (χ3n) is 6.24. The molecule has 2 fully saturated rings. The Labute approximate surface area is 203 Å². The van der Waals surface area contributed by atoms with Gasteiger partial charge in [-0.3, -0.25) is 14.4 Å². The number of fused-ring (bicyclic) bond motifs is 1. The first-order valence-corrected chi connectivity index (χ1v) is 11.5. The molecule has 3 aromatic rings. The van der Waals surface area contributed by atoms with Gasteiger partial charge in [-0.25, -0.2) is 9.96 Å². The number of nitrogens with zero attached hydrogens (tertiary/aromatic N) is 2. The lowest BCUT2D eigenvalue weighted by Crippen LogP contribution is -2.37. The zero-order valence-electron chi connectivity index (χ0n) is 19.5. The number of amides is 2. The van der Waals surface area contributed by atoms with Crippen molar-refractivity contribution in [2.24, 2.45) is 5.92 Å². The van der Waals surface area contributed by atoms with Gasteiger partial charge in [0.05, 0.1) is 31.1 Å². The van der Waals surface area contributed by atoms with Crippen LogP contribution in [-0.2, 0) is 14.4 Å². The third-order valence-corrected chi connectivity index (χ3v) is 6.24. The molecular weight excluding hydrogens is 448 g/mol. The fourth-order valence-corrected chi connectivity index (χ4v) is 4.60. The summed E-state index contributed by atoms with van der Waals surface area (Å²) < 4.78 is 10.9. The normalized spacial score (nSPS) is 21.4. The van der Waals surface area contributed by atoms with Crippen LogP contribution in [0.4, 0.5) is 11.4 Å². The summed E-state index contributed by atoms with van der Waals surface area (Å²) >= 11 is 0. The van der Waals surface area contributed by atoms with E-state index in [2.05, 4.69) is 0 Å². The molecule has 0 bridgehead atoms. The van der Waals surface area contributed by atoms with Gasteiger partial charge in [0, 0.05) is 0 Å². The highest BCUT2D eigenvalue weighted by Crippen LogP contribution is 2.48. The Morgan fingerprint density at radius 2 is 1.69 bits per heavy atom. The van der Waals surface area contributed by atoms with E-state index in [9.17, 15) is 14.7 Å². The molecule has 0 aromatic heterocycles. The molecule has 180 valence electrons. The number of para-hydroxylation sites is 1. The lowest BCUT2D eigenvalue weighted by molar-refractivity contribution is -0.126. The molecule has 0 aliphatic carbocycles. The van der Waals surface area contributed by atoms with Gasteiger partial charge in [-0.05, 0) is 60.5 Å². The fraction of sp³-hybridized carbons (Fsp3) is 0.259. The number of anilines is 2. The van der Waals surface area contributed by atoms with E-state index in [-0.39, 0.29) is 17.4 Å². The van der Waals surface area contributed by atoms with E-state index in [1.807, 2.05) is 37.3 Å². The SMILES string of the molecule is CCCOc1ccc(N2C(=O)[C@H]3[C@H](ON(c4ccccc4)[C@H]3c3ccc(O)c(OC)c3)C2=O)cc1. The number of carbonyl (C=O) groups is 2. The first kappa shape index (κ1) is 22.7. The lowest BCUT2D eigenvalue weighted by atomic mass is 9.90. The Bertz CT molecular complexity index is 1230. The van der Waals surface area contributed by atoms with E-state index in [0.717, 1.165) is 6.42 Å². The molecule has 0 spiro atoms. The number of rotatable bonds is 7. The molecule has 0 radical (unpaired) electrons. The topological polar surface area (TPSA) is 88.5 Å². The average molecular weight is 475 g/mol. The van der Waals surface area contributed by atoms with Crippen molar-refractivity contribution in [1.29, 1.82) is 0 Å². The number of carbonyl (C=O) groups excluding carboxylic acids is 2. The maximum absolute atomic E-state index is 13.7. The molecule has 35 heavy (non-hydrogen) atoms. The van der Waals surface area contributed by atoms with Crippen LogP contribution in [0, 0.1) is 5.92 Å². The molecule has 1 N–H and O–H groups in total. The minimum Gasteiger partial charge on any atom is -0.504 e. The molecule has 8 nitrogen and oxygen atoms in total. The van der Waals surface area contributed by atoms with Crippen LogP contribution in [0.2, 0.25) is 0 Å². The summed E-state index contributed by atoms with van der Waals surface area (Å²) in [6.07, 6.45) is -0.101. The number of phenols is 1. The summed E-state index contributed by atoms with van der Waals surface area (Å²) in [5, 5.41) is 11.7. The molecule has 2 aliphatic heterocycles. The molecule has 3 aromatic carbocycles. The second kappa shape index (κ2) is 9.31. The molecule has 2 heterocycles. The van der Waals surface area contributed by atoms with Crippen molar-refractivity contribution in [1.82, 2.24) is 0 Å². The number of hydrogen-bond donors (Lipinski definition) is 1. The number of methoxy groups -OCH3 is 1. The van der Waals surface area contributed by atoms with Crippen LogP contribution < -0.4 is 19.4 Å². The highest BCUT2D eigenvalue weighted by atomic mass is 16.7. The summed E-state index contributed by atoms with van der Waals surface area (Å²) in [5.41, 5.74) is 1.86. The van der Waals surface area contributed by atoms with Crippen molar-refractivity contribution >= 4 is 23.2 Å². The predicted octanol–water partition coefficient (Wildman–Crippen LogP) is 4.24. The Hall–Kier alpha value is -4.04. The Morgan fingerprint density at radius 3 is 2.37 bits per heavy atom. The largest absolute Gasteiger partial charge is 0.504 e. The number of hydrogen-bond acceptors (Lipinski definition) is 7. The van der Waals surface area contributed by atoms with Crippen LogP contribution in [0.25, 0.3) is 0 Å². The molecule has 2 saturated heterocycles. The predicted molar refractivity (Wildman–Crippen MR) is 129 cm³/mol. The van der Waals surface area contributed by atoms with E-state index < -0.39 is 24.0 Å². The number of hydroxylamine groups is 1. The van der Waals surface area contributed by atoms with E-state index >= 15 is 0 Å². The summed E-state index contributed by atoms with van der Waals surface area (Å²) in [6, 6.07) is 20.5. The Kier molecular flexibility index (Phi) is 6.05. The van der Waals surface area contributed by atoms with Gasteiger partial charge in [0.15, 0.2) is 17.6 Å². The van der Waals surface area contributed by atoms with Crippen LogP contribution in [0.1, 0.15) is 24.9 Å². The van der Waals surface area contributed by atoms with Crippen LogP contribution in [0.5, 0.6) is 17.2 Å². The smallest absolute Gasteiger partial charge is 0.266 e. The number of phenolic OH excluding ortho intramolecular Hbond substituents is 1. The van der Waals surface area contributed by atoms with Gasteiger partial charge in [-0.2, -0.15) is 0 Å². The zero-order valence-corrected chi connectivity index (χ0v) is 19.5. The number of aromatic hydroxyl groups is 1. The van der Waals surface area contributed by atoms with Gasteiger partial charge >= 0.3 is 0 Å². The van der Waals surface area contributed by atoms with E-state index in [1.54, 1.807) is 41.5 Å². The maximum atomic E-state index is 13.7. The van der Waals surface area contributed by atoms with Gasteiger partial charge in [-0.15, -0.1) is 0 Å². The average Bonchev–Trinajstić information content (AvgIpc) is 3.40. The van der Waals surface area contributed by atoms with Crippen LogP contribution >= 0.6 is 0 Å². The quantitative estimate of drug-likeness (QED) is 0.513. The molecule has 2 amide bonds. The molecule has 2 aliphatic rings. The monoisotopic (exact) mass is 474 g/mol. The van der Waals surface area contributed by atoms with Crippen molar-refractivity contribution in [3.05, 3.63) is 78.4 Å². The first-order chi connectivity index (χ1) is 17.0. The Balaban J connectivity index is 1.52. The second-order valence-corrected chi connectivity index (χ2v) is 8.44. The van der Waals surface area contributed by atoms with Crippen molar-refractivity contribution in [2.45, 2.75) is 25.5 Å². The molecular formula is C27H26N2O6. The minimum atomic E-state index is -0.983. The minimum absolute atomic E-state index is 0.0150. The van der Waals surface area contributed by atoms with Crippen LogP contribution in [0.3, 0.4) is 0 Å². The third kappa shape index (κ3) is 3.95. The van der Waals surface area contributed by atoms with Gasteiger partial charge in [0.1, 0.15) is 11.7 Å². The summed E-state index contributed by atoms with van der Waals surface area (Å²) in [7, 11) is 1.46. The van der Waals surface area contributed by atoms with Gasteiger partial charge < -0.3 is 14.6 Å². The molecule has 8 heteroatoms. The summed E-state index contributed by atoms with van der Waals surface area (Å²) in [4.78, 5) is 34.5. The van der Waals surface area contributed by atoms with E-state index in [4.69, 9.17) is 14.3 Å². The van der Waals surface area contributed by atoms with Crippen LogP contribution in [-0.4, -0.2) is 36.7 Å². The summed E-state index contributed by atoms with van der Waals surface area (Å²) in [5.74, 6) is -0.619. The van der Waals surface area contributed by atoms with E-state index in [0.29, 0.717) is 29.3 Å². The standard InChI is InChI=1S/C27H26N2O6/c1-3-15-34-20-12-10-18(11-13-20)28-26(31)23-24(17-9-14-21(30)22(16-17)33-2)29(35-25(23)27(28)32)19-7-5-4-6-8-19/h4-14,16,23-25,30H,3,15H2,1-2H3/t23-,24+,25+/m1/s1. The van der Waals surface area contributed by atoms with E-state index in [1.165, 1.54) is 18.1 Å². The highest BCUT2D eigenvalue weighted by molar-refractivity contribution is 6.23. The molecule has 3 atom stereocenters. The van der Waals surface area contributed by atoms with Gasteiger partial charge in [0.2, 0.25) is 5.91 Å². The lowest BCUT2D eigenvalue weighted by Gasteiger charge is -2.29. The van der Waals surface area contributed by atoms with Crippen molar-refractivity contribution in [3.63, 3.8) is 0 Å². The number of benzene rings is 3. The first-order valence-electron chi connectivity index (χ1n) is 11.5. The summed E-state index contributed by atoms with van der Waals surface area (Å²) in [6.45, 7) is 2.61. The van der Waals surface area contributed by atoms with Crippen molar-refractivity contribution in [2.75, 3.05) is 23.7 Å². The maximum Gasteiger partial charge on any atom is 0.266 e. The van der Waals surface area contributed by atoms with Gasteiger partial charge in [-0.1, -0.05) is 31.2 Å². The van der Waals surface area contributed by atoms with Crippen LogP contribution in [0.15, 0.2) is 72.8 Å².